The van der Waals surface area contributed by atoms with E-state index < -0.39 is 29.7 Å². The van der Waals surface area contributed by atoms with Crippen LogP contribution in [0.3, 0.4) is 0 Å². The van der Waals surface area contributed by atoms with Crippen molar-refractivity contribution in [2.24, 2.45) is 0 Å². The number of rotatable bonds is 3. The Labute approximate surface area is 109 Å². The predicted molar refractivity (Wildman–Crippen MR) is 65.4 cm³/mol. The number of carbonyl (C=O) groups is 1. The summed E-state index contributed by atoms with van der Waals surface area (Å²) in [7, 11) is 0. The Morgan fingerprint density at radius 2 is 2.11 bits per heavy atom. The maximum Gasteiger partial charge on any atom is 0.407 e. The standard InChI is InChI=1S/C12H14N2O5/c15-11(7-14(18)19)10-5-8-3-1-2-4-9(8)6-13(10)12(16)17/h1-4,10-11,15H,5-7H2,(H,16,17)/t10-,11?/m0/s1. The van der Waals surface area contributed by atoms with Crippen LogP contribution in [0.4, 0.5) is 4.79 Å². The summed E-state index contributed by atoms with van der Waals surface area (Å²) in [5.74, 6) is 0. The molecule has 1 aromatic carbocycles. The Morgan fingerprint density at radius 3 is 2.68 bits per heavy atom. The molecule has 7 heteroatoms. The van der Waals surface area contributed by atoms with Crippen LogP contribution in [-0.4, -0.2) is 44.8 Å². The first-order valence-electron chi connectivity index (χ1n) is 5.85. The number of carboxylic acid groups (broad SMARTS) is 1. The summed E-state index contributed by atoms with van der Waals surface area (Å²) >= 11 is 0. The van der Waals surface area contributed by atoms with E-state index in [9.17, 15) is 20.0 Å². The number of amides is 1. The van der Waals surface area contributed by atoms with Crippen molar-refractivity contribution in [1.29, 1.82) is 0 Å². The minimum absolute atomic E-state index is 0.144. The zero-order valence-corrected chi connectivity index (χ0v) is 10.1. The van der Waals surface area contributed by atoms with E-state index in [4.69, 9.17) is 5.11 Å². The fourth-order valence-electron chi connectivity index (χ4n) is 2.37. The first-order chi connectivity index (χ1) is 8.99. The lowest BCUT2D eigenvalue weighted by molar-refractivity contribution is -0.491. The van der Waals surface area contributed by atoms with Crippen molar-refractivity contribution in [3.8, 4) is 0 Å². The summed E-state index contributed by atoms with van der Waals surface area (Å²) in [6, 6.07) is 6.53. The molecule has 0 saturated carbocycles. The van der Waals surface area contributed by atoms with Crippen LogP contribution in [-0.2, 0) is 13.0 Å². The second-order valence-corrected chi connectivity index (χ2v) is 4.53. The van der Waals surface area contributed by atoms with Gasteiger partial charge in [0.25, 0.3) is 0 Å². The molecule has 1 unspecified atom stereocenters. The zero-order chi connectivity index (χ0) is 14.0. The Morgan fingerprint density at radius 1 is 1.47 bits per heavy atom. The number of fused-ring (bicyclic) bond motifs is 1. The van der Waals surface area contributed by atoms with E-state index in [-0.39, 0.29) is 13.0 Å². The summed E-state index contributed by atoms with van der Waals surface area (Å²) in [5, 5.41) is 29.5. The van der Waals surface area contributed by atoms with E-state index in [1.807, 2.05) is 24.3 Å². The normalized spacial score (nSPS) is 19.6. The van der Waals surface area contributed by atoms with Gasteiger partial charge in [-0.3, -0.25) is 15.0 Å². The molecule has 19 heavy (non-hydrogen) atoms. The van der Waals surface area contributed by atoms with E-state index >= 15 is 0 Å². The number of benzene rings is 1. The van der Waals surface area contributed by atoms with E-state index in [0.717, 1.165) is 16.0 Å². The third-order valence-corrected chi connectivity index (χ3v) is 3.31. The van der Waals surface area contributed by atoms with Crippen molar-refractivity contribution < 1.29 is 19.9 Å². The van der Waals surface area contributed by atoms with Gasteiger partial charge in [0.15, 0.2) is 0 Å². The van der Waals surface area contributed by atoms with Gasteiger partial charge >= 0.3 is 6.09 Å². The highest BCUT2D eigenvalue weighted by Gasteiger charge is 2.36. The molecule has 0 fully saturated rings. The number of aliphatic hydroxyl groups is 1. The van der Waals surface area contributed by atoms with Gasteiger partial charge in [-0.15, -0.1) is 0 Å². The van der Waals surface area contributed by atoms with Crippen LogP contribution in [0.1, 0.15) is 11.1 Å². The summed E-state index contributed by atoms with van der Waals surface area (Å²) in [6.07, 6.45) is -2.20. The van der Waals surface area contributed by atoms with Crippen LogP contribution in [0.15, 0.2) is 24.3 Å². The van der Waals surface area contributed by atoms with Crippen molar-refractivity contribution in [2.75, 3.05) is 6.54 Å². The van der Waals surface area contributed by atoms with Gasteiger partial charge in [0.2, 0.25) is 6.54 Å². The van der Waals surface area contributed by atoms with Gasteiger partial charge in [0.1, 0.15) is 6.10 Å². The Balaban J connectivity index is 2.26. The molecule has 2 rings (SSSR count). The lowest BCUT2D eigenvalue weighted by Crippen LogP contribution is -2.51. The van der Waals surface area contributed by atoms with E-state index in [0.29, 0.717) is 0 Å². The second-order valence-electron chi connectivity index (χ2n) is 4.53. The predicted octanol–water partition coefficient (Wildman–Crippen LogP) is 0.729. The van der Waals surface area contributed by atoms with Gasteiger partial charge in [-0.2, -0.15) is 0 Å². The first kappa shape index (κ1) is 13.3. The highest BCUT2D eigenvalue weighted by atomic mass is 16.6. The number of aliphatic hydroxyl groups excluding tert-OH is 1. The Kier molecular flexibility index (Phi) is 3.66. The van der Waals surface area contributed by atoms with Crippen LogP contribution in [0.25, 0.3) is 0 Å². The smallest absolute Gasteiger partial charge is 0.407 e. The SMILES string of the molecule is O=C(O)N1Cc2ccccc2C[C@H]1C(O)C[N+](=O)[O-]. The van der Waals surface area contributed by atoms with Crippen LogP contribution in [0.2, 0.25) is 0 Å². The van der Waals surface area contributed by atoms with Crippen molar-refractivity contribution in [3.05, 3.63) is 45.5 Å². The molecule has 1 aliphatic rings. The second kappa shape index (κ2) is 5.23. The molecule has 0 aliphatic carbocycles. The molecular weight excluding hydrogens is 252 g/mol. The molecule has 1 aliphatic heterocycles. The van der Waals surface area contributed by atoms with Gasteiger partial charge in [0.05, 0.1) is 6.04 Å². The molecule has 0 aromatic heterocycles. The topological polar surface area (TPSA) is 104 Å². The lowest BCUT2D eigenvalue weighted by Gasteiger charge is -2.36. The average molecular weight is 266 g/mol. The zero-order valence-electron chi connectivity index (χ0n) is 10.1. The van der Waals surface area contributed by atoms with Crippen molar-refractivity contribution in [2.45, 2.75) is 25.1 Å². The van der Waals surface area contributed by atoms with Crippen LogP contribution < -0.4 is 0 Å². The minimum atomic E-state index is -1.31. The third kappa shape index (κ3) is 2.82. The summed E-state index contributed by atoms with van der Waals surface area (Å²) in [5.41, 5.74) is 1.79. The van der Waals surface area contributed by atoms with Gasteiger partial charge in [-0.1, -0.05) is 24.3 Å². The monoisotopic (exact) mass is 266 g/mol. The fraction of sp³-hybridized carbons (Fsp3) is 0.417. The molecule has 0 radical (unpaired) electrons. The maximum absolute atomic E-state index is 11.2. The van der Waals surface area contributed by atoms with Gasteiger partial charge < -0.3 is 10.2 Å². The van der Waals surface area contributed by atoms with Crippen LogP contribution in [0.5, 0.6) is 0 Å². The summed E-state index contributed by atoms with van der Waals surface area (Å²) in [4.78, 5) is 22.1. The Bertz CT molecular complexity index is 505. The number of hydrogen-bond acceptors (Lipinski definition) is 4. The molecule has 1 heterocycles. The average Bonchev–Trinajstić information content (AvgIpc) is 2.36. The van der Waals surface area contributed by atoms with E-state index in [1.165, 1.54) is 0 Å². The van der Waals surface area contributed by atoms with Gasteiger partial charge in [0, 0.05) is 11.5 Å². The molecule has 0 saturated heterocycles. The van der Waals surface area contributed by atoms with E-state index in [1.54, 1.807) is 0 Å². The molecule has 0 bridgehead atoms. The number of nitrogens with zero attached hydrogens (tertiary/aromatic N) is 2. The molecular formula is C12H14N2O5. The molecule has 1 aromatic rings. The minimum Gasteiger partial charge on any atom is -0.465 e. The largest absolute Gasteiger partial charge is 0.465 e. The first-order valence-corrected chi connectivity index (χ1v) is 5.85. The highest BCUT2D eigenvalue weighted by molar-refractivity contribution is 5.66. The molecule has 1 amide bonds. The van der Waals surface area contributed by atoms with Crippen LogP contribution >= 0.6 is 0 Å². The molecule has 2 atom stereocenters. The molecule has 2 N–H and O–H groups in total. The lowest BCUT2D eigenvalue weighted by atomic mass is 9.91. The van der Waals surface area contributed by atoms with E-state index in [2.05, 4.69) is 0 Å². The highest BCUT2D eigenvalue weighted by Crippen LogP contribution is 2.25. The van der Waals surface area contributed by atoms with Crippen LogP contribution in [0, 0.1) is 10.1 Å². The molecule has 7 nitrogen and oxygen atoms in total. The van der Waals surface area contributed by atoms with Crippen molar-refractivity contribution in [1.82, 2.24) is 4.90 Å². The van der Waals surface area contributed by atoms with Crippen molar-refractivity contribution in [3.63, 3.8) is 0 Å². The Hall–Kier alpha value is -2.15. The summed E-state index contributed by atoms with van der Waals surface area (Å²) in [6.45, 7) is -0.512. The number of hydrogen-bond donors (Lipinski definition) is 2. The van der Waals surface area contributed by atoms with Crippen molar-refractivity contribution >= 4 is 6.09 Å². The molecule has 0 spiro atoms. The maximum atomic E-state index is 11.2. The number of nitro groups is 1. The fourth-order valence-corrected chi connectivity index (χ4v) is 2.37. The van der Waals surface area contributed by atoms with Gasteiger partial charge in [-0.05, 0) is 17.5 Å². The summed E-state index contributed by atoms with van der Waals surface area (Å²) < 4.78 is 0. The van der Waals surface area contributed by atoms with Gasteiger partial charge in [-0.25, -0.2) is 4.79 Å². The third-order valence-electron chi connectivity index (χ3n) is 3.31. The molecule has 102 valence electrons. The quantitative estimate of drug-likeness (QED) is 0.620.